The number of carbonyl (C=O) groups excluding carboxylic acids is 1. The van der Waals surface area contributed by atoms with E-state index in [0.29, 0.717) is 0 Å². The summed E-state index contributed by atoms with van der Waals surface area (Å²) in [5.41, 5.74) is -1.83. The van der Waals surface area contributed by atoms with Gasteiger partial charge in [-0.15, -0.1) is 0 Å². The van der Waals surface area contributed by atoms with Crippen LogP contribution in [0.2, 0.25) is 0 Å². The maximum atomic E-state index is 14.4. The normalized spacial score (nSPS) is 20.1. The molecule has 110 valence electrons. The molecule has 9 heteroatoms. The molecule has 1 aliphatic rings. The van der Waals surface area contributed by atoms with Crippen LogP contribution in [-0.4, -0.2) is 36.9 Å². The van der Waals surface area contributed by atoms with Crippen LogP contribution in [-0.2, 0) is 18.4 Å². The van der Waals surface area contributed by atoms with E-state index in [-0.39, 0.29) is 25.5 Å². The Morgan fingerprint density at radius 3 is 2.42 bits per heavy atom. The van der Waals surface area contributed by atoms with Crippen LogP contribution in [0.1, 0.15) is 20.8 Å². The zero-order valence-corrected chi connectivity index (χ0v) is 11.9. The molecule has 0 spiro atoms. The van der Waals surface area contributed by atoms with E-state index in [2.05, 4.69) is 19.6 Å². The maximum absolute atomic E-state index is 14.4. The van der Waals surface area contributed by atoms with E-state index in [9.17, 15) is 18.1 Å². The van der Waals surface area contributed by atoms with Crippen LogP contribution in [0.4, 0.5) is 8.78 Å². The fraction of sp³-hybridized carbons (Fsp3) is 0.800. The summed E-state index contributed by atoms with van der Waals surface area (Å²) < 4.78 is 50.3. The Morgan fingerprint density at radius 1 is 1.47 bits per heavy atom. The molecule has 0 radical (unpaired) electrons. The minimum Gasteiger partial charge on any atom is -0.309 e. The van der Waals surface area contributed by atoms with E-state index in [4.69, 9.17) is 0 Å². The number of hydrogen-bond donors (Lipinski definition) is 1. The number of carbonyl (C=O) groups is 1. The summed E-state index contributed by atoms with van der Waals surface area (Å²) in [6.07, 6.45) is 0. The van der Waals surface area contributed by atoms with Gasteiger partial charge in [0.1, 0.15) is 11.6 Å². The Hall–Kier alpha value is -0.850. The lowest BCUT2D eigenvalue weighted by Gasteiger charge is -2.29. The molecule has 0 amide bonds. The first-order valence-corrected chi connectivity index (χ1v) is 7.42. The van der Waals surface area contributed by atoms with Crippen molar-refractivity contribution in [2.75, 3.05) is 19.8 Å². The first-order valence-electron chi connectivity index (χ1n) is 5.88. The number of Topliss-reactive ketones (excluding diaryl/α,β-unsaturated/α-hetero) is 1. The van der Waals surface area contributed by atoms with Gasteiger partial charge in [-0.2, -0.15) is 13.9 Å². The van der Waals surface area contributed by atoms with Crippen LogP contribution < -0.4 is 5.43 Å². The summed E-state index contributed by atoms with van der Waals surface area (Å²) in [5, 5.41) is 3.52. The minimum atomic E-state index is -4.65. The average Bonchev–Trinajstić information content (AvgIpc) is 2.78. The summed E-state index contributed by atoms with van der Waals surface area (Å²) in [7, 11) is -4.65. The molecule has 1 atom stereocenters. The van der Waals surface area contributed by atoms with Gasteiger partial charge in [0, 0.05) is 13.5 Å². The van der Waals surface area contributed by atoms with Gasteiger partial charge in [0.05, 0.1) is 13.2 Å². The van der Waals surface area contributed by atoms with E-state index >= 15 is 0 Å². The van der Waals surface area contributed by atoms with E-state index in [1.807, 2.05) is 0 Å². The first-order chi connectivity index (χ1) is 8.80. The van der Waals surface area contributed by atoms with Gasteiger partial charge in [0.25, 0.3) is 0 Å². The van der Waals surface area contributed by atoms with Gasteiger partial charge >= 0.3 is 13.3 Å². The molecule has 1 aliphatic heterocycles. The predicted octanol–water partition coefficient (Wildman–Crippen LogP) is 2.01. The smallest absolute Gasteiger partial charge is 0.309 e. The maximum Gasteiger partial charge on any atom is 0.400 e. The first kappa shape index (κ1) is 16.2. The van der Waals surface area contributed by atoms with E-state index in [0.717, 1.165) is 6.92 Å². The Bertz CT molecular complexity index is 418. The molecule has 1 unspecified atom stereocenters. The second-order valence-electron chi connectivity index (χ2n) is 3.89. The van der Waals surface area contributed by atoms with Gasteiger partial charge in [-0.3, -0.25) is 9.36 Å². The van der Waals surface area contributed by atoms with Gasteiger partial charge in [0.2, 0.25) is 0 Å². The van der Waals surface area contributed by atoms with Crippen molar-refractivity contribution in [2.45, 2.75) is 26.4 Å². The second kappa shape index (κ2) is 6.07. The fourth-order valence-electron chi connectivity index (χ4n) is 1.75. The second-order valence-corrected chi connectivity index (χ2v) is 6.00. The highest BCUT2D eigenvalue weighted by molar-refractivity contribution is 7.55. The molecule has 0 fully saturated rings. The van der Waals surface area contributed by atoms with Crippen molar-refractivity contribution in [3.63, 3.8) is 0 Å². The Morgan fingerprint density at radius 2 is 2.00 bits per heavy atom. The standard InChI is InChI=1S/C10H17F2N2O4P/c1-4-17-19(16,18-5-2)10(11,12)8-6-13-14-9(8)7(3)15/h8,13H,4-6H2,1-3H3. The Kier molecular flexibility index (Phi) is 5.18. The molecule has 1 rings (SSSR count). The molecule has 1 N–H and O–H groups in total. The lowest BCUT2D eigenvalue weighted by molar-refractivity contribution is -0.111. The van der Waals surface area contributed by atoms with Crippen LogP contribution in [0.15, 0.2) is 5.10 Å². The topological polar surface area (TPSA) is 77.0 Å². The van der Waals surface area contributed by atoms with Gasteiger partial charge in [-0.25, -0.2) is 0 Å². The highest BCUT2D eigenvalue weighted by Gasteiger charge is 2.61. The van der Waals surface area contributed by atoms with Crippen molar-refractivity contribution in [1.82, 2.24) is 5.43 Å². The molecule has 0 aliphatic carbocycles. The molecule has 6 nitrogen and oxygen atoms in total. The van der Waals surface area contributed by atoms with Crippen LogP contribution in [0.25, 0.3) is 0 Å². The summed E-state index contributed by atoms with van der Waals surface area (Å²) in [6, 6.07) is 0. The molecule has 19 heavy (non-hydrogen) atoms. The molecule has 0 aromatic rings. The third-order valence-corrected chi connectivity index (χ3v) is 4.81. The highest BCUT2D eigenvalue weighted by atomic mass is 31.2. The van der Waals surface area contributed by atoms with Gasteiger partial charge < -0.3 is 14.5 Å². The van der Waals surface area contributed by atoms with E-state index in [1.165, 1.54) is 13.8 Å². The molecular formula is C10H17F2N2O4P. The van der Waals surface area contributed by atoms with Crippen molar-refractivity contribution < 1.29 is 27.2 Å². The number of alkyl halides is 2. The van der Waals surface area contributed by atoms with Gasteiger partial charge in [0.15, 0.2) is 5.78 Å². The molecule has 0 saturated heterocycles. The SMILES string of the molecule is CCOP(=O)(OCC)C(F)(F)C1CNN=C1C(C)=O. The number of hydrazone groups is 1. The minimum absolute atomic E-state index is 0.181. The molecule has 0 saturated carbocycles. The summed E-state index contributed by atoms with van der Waals surface area (Å²) in [4.78, 5) is 11.3. The molecule has 0 bridgehead atoms. The molecule has 1 heterocycles. The quantitative estimate of drug-likeness (QED) is 0.727. The number of halogens is 2. The van der Waals surface area contributed by atoms with E-state index in [1.54, 1.807) is 0 Å². The lowest BCUT2D eigenvalue weighted by atomic mass is 10.0. The number of ketones is 1. The van der Waals surface area contributed by atoms with Crippen molar-refractivity contribution in [2.24, 2.45) is 11.0 Å². The number of nitrogens with zero attached hydrogens (tertiary/aromatic N) is 1. The largest absolute Gasteiger partial charge is 0.400 e. The van der Waals surface area contributed by atoms with Crippen LogP contribution >= 0.6 is 7.60 Å². The van der Waals surface area contributed by atoms with Crippen molar-refractivity contribution in [3.8, 4) is 0 Å². The molecular weight excluding hydrogens is 281 g/mol. The summed E-state index contributed by atoms with van der Waals surface area (Å²) in [5.74, 6) is -2.22. The zero-order chi connectivity index (χ0) is 14.7. The summed E-state index contributed by atoms with van der Waals surface area (Å²) in [6.45, 7) is 3.36. The van der Waals surface area contributed by atoms with Gasteiger partial charge in [-0.1, -0.05) is 0 Å². The van der Waals surface area contributed by atoms with Crippen LogP contribution in [0.3, 0.4) is 0 Å². The highest BCUT2D eigenvalue weighted by Crippen LogP contribution is 2.65. The number of hydrogen-bond acceptors (Lipinski definition) is 6. The number of nitrogens with one attached hydrogen (secondary N) is 1. The monoisotopic (exact) mass is 298 g/mol. The third-order valence-electron chi connectivity index (χ3n) is 2.57. The average molecular weight is 298 g/mol. The lowest BCUT2D eigenvalue weighted by Crippen LogP contribution is -2.39. The van der Waals surface area contributed by atoms with Crippen LogP contribution in [0.5, 0.6) is 0 Å². The Labute approximate surface area is 110 Å². The van der Waals surface area contributed by atoms with Crippen molar-refractivity contribution in [1.29, 1.82) is 0 Å². The molecule has 0 aromatic carbocycles. The number of rotatable bonds is 7. The van der Waals surface area contributed by atoms with Crippen molar-refractivity contribution >= 4 is 19.1 Å². The zero-order valence-electron chi connectivity index (χ0n) is 11.0. The van der Waals surface area contributed by atoms with Gasteiger partial charge in [-0.05, 0) is 13.8 Å². The fourth-order valence-corrected chi connectivity index (χ4v) is 3.44. The third kappa shape index (κ3) is 3.01. The van der Waals surface area contributed by atoms with Crippen molar-refractivity contribution in [3.05, 3.63) is 0 Å². The van der Waals surface area contributed by atoms with Crippen LogP contribution in [0, 0.1) is 5.92 Å². The predicted molar refractivity (Wildman–Crippen MR) is 65.4 cm³/mol. The summed E-state index contributed by atoms with van der Waals surface area (Å²) >= 11 is 0. The van der Waals surface area contributed by atoms with E-state index < -0.39 is 25.0 Å². The Balaban J connectivity index is 3.10. The molecule has 0 aromatic heterocycles.